The normalized spacial score (nSPS) is 14.9. The van der Waals surface area contributed by atoms with Gasteiger partial charge >= 0.3 is 17.9 Å². The zero-order chi connectivity index (χ0) is 42.6. The van der Waals surface area contributed by atoms with Gasteiger partial charge in [0.2, 0.25) is 0 Å². The molecule has 0 amide bonds. The van der Waals surface area contributed by atoms with Crippen LogP contribution in [-0.2, 0) is 41.4 Å². The Labute approximate surface area is 346 Å². The van der Waals surface area contributed by atoms with Gasteiger partial charge in [0, 0.05) is 46.4 Å². The van der Waals surface area contributed by atoms with E-state index in [4.69, 9.17) is 28.4 Å². The molecule has 0 atom stereocenters. The smallest absolute Gasteiger partial charge is 0.333 e. The maximum absolute atomic E-state index is 12.6. The maximum atomic E-state index is 12.6. The molecule has 1 aliphatic rings. The van der Waals surface area contributed by atoms with Crippen LogP contribution in [-0.4, -0.2) is 69.3 Å². The molecule has 1 aliphatic carbocycles. The predicted molar refractivity (Wildman–Crippen MR) is 228 cm³/mol. The van der Waals surface area contributed by atoms with Gasteiger partial charge in [-0.2, -0.15) is 0 Å². The standard InChI is InChI=1S/C48H66O10/c1-10-11-12-14-36-16-18-37(19-17-36)38-20-22-39(23-21-38)42-40(24-26-55-46(50)33(4)5)43(53-27-29-56-47(51)34(6)7)41(15-13-25-49)44(45(42)58-31-32(2)3)54-28-30-57-48(52)35(8)9/h20-23,36-37,49H,2,4,6,8,10-19,24-31H2,1,3,5,7,9H3. The number of hydrogen-bond acceptors (Lipinski definition) is 10. The van der Waals surface area contributed by atoms with Gasteiger partial charge < -0.3 is 33.5 Å². The Bertz CT molecular complexity index is 1730. The third kappa shape index (κ3) is 14.8. The fourth-order valence-corrected chi connectivity index (χ4v) is 7.03. The summed E-state index contributed by atoms with van der Waals surface area (Å²) in [5.41, 5.74) is 5.58. The predicted octanol–water partition coefficient (Wildman–Crippen LogP) is 9.75. The first-order chi connectivity index (χ1) is 27.8. The Balaban J connectivity index is 2.23. The lowest BCUT2D eigenvalue weighted by molar-refractivity contribution is -0.140. The highest BCUT2D eigenvalue weighted by Gasteiger charge is 2.30. The zero-order valence-electron chi connectivity index (χ0n) is 35.6. The third-order valence-electron chi connectivity index (χ3n) is 10.1. The van der Waals surface area contributed by atoms with Crippen molar-refractivity contribution in [2.75, 3.05) is 46.2 Å². The van der Waals surface area contributed by atoms with E-state index >= 15 is 0 Å². The van der Waals surface area contributed by atoms with Crippen molar-refractivity contribution >= 4 is 17.9 Å². The molecule has 0 aromatic heterocycles. The second-order valence-electron chi connectivity index (χ2n) is 15.4. The molecule has 2 aromatic carbocycles. The number of esters is 3. The lowest BCUT2D eigenvalue weighted by atomic mass is 9.77. The van der Waals surface area contributed by atoms with Gasteiger partial charge in [0.15, 0.2) is 11.5 Å². The van der Waals surface area contributed by atoms with Crippen LogP contribution in [0.4, 0.5) is 0 Å². The second-order valence-corrected chi connectivity index (χ2v) is 15.4. The van der Waals surface area contributed by atoms with Gasteiger partial charge in [-0.1, -0.05) is 83.2 Å². The average Bonchev–Trinajstić information content (AvgIpc) is 3.20. The topological polar surface area (TPSA) is 127 Å². The van der Waals surface area contributed by atoms with Crippen LogP contribution >= 0.6 is 0 Å². The molecule has 1 N–H and O–H groups in total. The summed E-state index contributed by atoms with van der Waals surface area (Å²) in [6.45, 7) is 23.8. The molecule has 0 bridgehead atoms. The summed E-state index contributed by atoms with van der Waals surface area (Å²) < 4.78 is 36.0. The van der Waals surface area contributed by atoms with E-state index in [-0.39, 0.29) is 69.4 Å². The fourth-order valence-electron chi connectivity index (χ4n) is 7.03. The Kier molecular flexibility index (Phi) is 20.4. The van der Waals surface area contributed by atoms with Gasteiger partial charge in [0.1, 0.15) is 38.8 Å². The van der Waals surface area contributed by atoms with E-state index in [0.29, 0.717) is 52.7 Å². The van der Waals surface area contributed by atoms with Crippen LogP contribution in [0.1, 0.15) is 115 Å². The fraction of sp³-hybridized carbons (Fsp3) is 0.521. The molecule has 0 aliphatic heterocycles. The number of aliphatic hydroxyl groups excluding tert-OH is 1. The molecule has 10 heteroatoms. The molecule has 0 spiro atoms. The van der Waals surface area contributed by atoms with Gasteiger partial charge in [-0.15, -0.1) is 0 Å². The summed E-state index contributed by atoms with van der Waals surface area (Å²) in [7, 11) is 0. The number of hydrogen-bond donors (Lipinski definition) is 1. The molecule has 0 saturated heterocycles. The molecule has 0 unspecified atom stereocenters. The van der Waals surface area contributed by atoms with Crippen molar-refractivity contribution < 1.29 is 47.9 Å². The summed E-state index contributed by atoms with van der Waals surface area (Å²) in [6.07, 6.45) is 10.8. The van der Waals surface area contributed by atoms with E-state index in [1.165, 1.54) is 44.1 Å². The molecule has 3 rings (SSSR count). The zero-order valence-corrected chi connectivity index (χ0v) is 35.6. The van der Waals surface area contributed by atoms with E-state index in [1.54, 1.807) is 20.8 Å². The lowest BCUT2D eigenvalue weighted by Crippen LogP contribution is -2.18. The van der Waals surface area contributed by atoms with Gasteiger partial charge in [-0.25, -0.2) is 14.4 Å². The van der Waals surface area contributed by atoms with Crippen LogP contribution in [0.15, 0.2) is 72.9 Å². The van der Waals surface area contributed by atoms with E-state index in [1.807, 2.05) is 6.92 Å². The van der Waals surface area contributed by atoms with Crippen molar-refractivity contribution in [3.8, 4) is 28.4 Å². The second kappa shape index (κ2) is 24.8. The first-order valence-corrected chi connectivity index (χ1v) is 20.7. The number of carbonyl (C=O) groups is 3. The third-order valence-corrected chi connectivity index (χ3v) is 10.1. The molecule has 1 saturated carbocycles. The highest BCUT2D eigenvalue weighted by molar-refractivity contribution is 5.88. The van der Waals surface area contributed by atoms with Crippen LogP contribution in [0.3, 0.4) is 0 Å². The van der Waals surface area contributed by atoms with Crippen molar-refractivity contribution in [2.24, 2.45) is 5.92 Å². The van der Waals surface area contributed by atoms with Crippen LogP contribution in [0.25, 0.3) is 11.1 Å². The van der Waals surface area contributed by atoms with Gasteiger partial charge in [-0.3, -0.25) is 0 Å². The van der Waals surface area contributed by atoms with E-state index in [0.717, 1.165) is 29.9 Å². The molecule has 58 heavy (non-hydrogen) atoms. The minimum atomic E-state index is -0.543. The number of aliphatic hydroxyl groups is 1. The summed E-state index contributed by atoms with van der Waals surface area (Å²) in [5, 5.41) is 10.0. The first-order valence-electron chi connectivity index (χ1n) is 20.7. The van der Waals surface area contributed by atoms with E-state index in [9.17, 15) is 19.5 Å². The molecule has 2 aromatic rings. The van der Waals surface area contributed by atoms with Crippen molar-refractivity contribution in [1.29, 1.82) is 0 Å². The maximum Gasteiger partial charge on any atom is 0.333 e. The Morgan fingerprint density at radius 2 is 1.19 bits per heavy atom. The molecule has 10 nitrogen and oxygen atoms in total. The summed E-state index contributed by atoms with van der Waals surface area (Å²) >= 11 is 0. The molecule has 0 heterocycles. The highest BCUT2D eigenvalue weighted by atomic mass is 16.6. The monoisotopic (exact) mass is 802 g/mol. The number of unbranched alkanes of at least 4 members (excludes halogenated alkanes) is 2. The van der Waals surface area contributed by atoms with Crippen molar-refractivity contribution in [1.82, 2.24) is 0 Å². The highest BCUT2D eigenvalue weighted by Crippen LogP contribution is 2.51. The Hall–Kier alpha value is -4.83. The van der Waals surface area contributed by atoms with Gasteiger partial charge in [-0.05, 0) is 94.8 Å². The quantitative estimate of drug-likeness (QED) is 0.0323. The Morgan fingerprint density at radius 3 is 1.71 bits per heavy atom. The number of carbonyl (C=O) groups excluding carboxylic acids is 3. The summed E-state index contributed by atoms with van der Waals surface area (Å²) in [6, 6.07) is 8.53. The van der Waals surface area contributed by atoms with Gasteiger partial charge in [0.25, 0.3) is 0 Å². The number of benzene rings is 2. The summed E-state index contributed by atoms with van der Waals surface area (Å²) in [5.74, 6) is 0.834. The lowest BCUT2D eigenvalue weighted by Gasteiger charge is -2.29. The number of rotatable bonds is 26. The average molecular weight is 803 g/mol. The SMILES string of the molecule is C=C(C)COc1c(OCCOC(=O)C(=C)C)c(CCCO)c(OCCOC(=O)C(=C)C)c(CCOC(=O)C(=C)C)c1-c1ccc(C2CCC(CCCCC)CC2)cc1. The van der Waals surface area contributed by atoms with Crippen molar-refractivity contribution in [3.63, 3.8) is 0 Å². The molecule has 1 fully saturated rings. The summed E-state index contributed by atoms with van der Waals surface area (Å²) in [4.78, 5) is 37.1. The molecular weight excluding hydrogens is 737 g/mol. The minimum absolute atomic E-state index is 0.00426. The van der Waals surface area contributed by atoms with E-state index < -0.39 is 17.9 Å². The molecule has 318 valence electrons. The van der Waals surface area contributed by atoms with Gasteiger partial charge in [0.05, 0.1) is 6.61 Å². The van der Waals surface area contributed by atoms with Crippen LogP contribution in [0, 0.1) is 5.92 Å². The van der Waals surface area contributed by atoms with Crippen molar-refractivity contribution in [2.45, 2.75) is 111 Å². The van der Waals surface area contributed by atoms with Crippen LogP contribution in [0.5, 0.6) is 17.2 Å². The molecule has 0 radical (unpaired) electrons. The molecular formula is C48H66O10. The van der Waals surface area contributed by atoms with E-state index in [2.05, 4.69) is 57.5 Å². The minimum Gasteiger partial charge on any atom is -0.489 e. The van der Waals surface area contributed by atoms with Crippen LogP contribution < -0.4 is 14.2 Å². The number of ether oxygens (including phenoxy) is 6. The Morgan fingerprint density at radius 1 is 0.638 bits per heavy atom. The van der Waals surface area contributed by atoms with Crippen LogP contribution in [0.2, 0.25) is 0 Å². The van der Waals surface area contributed by atoms with Crippen molar-refractivity contribution in [3.05, 3.63) is 89.6 Å². The largest absolute Gasteiger partial charge is 0.489 e. The first kappa shape index (κ1) is 47.5.